The topological polar surface area (TPSA) is 90.7 Å². The number of nitrogens with one attached hydrogen (secondary N) is 1. The van der Waals surface area contributed by atoms with Crippen LogP contribution in [0.25, 0.3) is 0 Å². The number of unbranched alkanes of at least 4 members (excludes halogenated alkanes) is 10. The fourth-order valence-electron chi connectivity index (χ4n) is 3.08. The van der Waals surface area contributed by atoms with E-state index in [9.17, 15) is 14.7 Å². The largest absolute Gasteiger partial charge is 0.432 e. The molecule has 0 fully saturated rings. The van der Waals surface area contributed by atoms with E-state index in [0.717, 1.165) is 38.5 Å². The molecule has 0 saturated carbocycles. The number of nitrogens with zero attached hydrogens (tertiary/aromatic N) is 1. The van der Waals surface area contributed by atoms with Crippen LogP contribution in [0.1, 0.15) is 90.9 Å². The van der Waals surface area contributed by atoms with Crippen molar-refractivity contribution in [1.82, 2.24) is 0 Å². The Morgan fingerprint density at radius 2 is 1.37 bits per heavy atom. The van der Waals surface area contributed by atoms with E-state index in [-0.39, 0.29) is 5.69 Å². The molecule has 0 saturated heterocycles. The van der Waals surface area contributed by atoms with E-state index in [1.807, 2.05) is 0 Å². The lowest BCUT2D eigenvalue weighted by Crippen LogP contribution is -2.07. The third-order valence-electron chi connectivity index (χ3n) is 4.84. The van der Waals surface area contributed by atoms with Crippen molar-refractivity contribution < 1.29 is 18.5 Å². The molecule has 0 aromatic heterocycles. The summed E-state index contributed by atoms with van der Waals surface area (Å²) >= 11 is 0. The molecule has 0 amide bonds. The minimum atomic E-state index is -3.59. The molecule has 0 spiro atoms. The first-order valence-electron chi connectivity index (χ1n) is 11.4. The third-order valence-corrected chi connectivity index (χ3v) is 6.42. The molecule has 1 aromatic rings. The second-order valence-electron chi connectivity index (χ2n) is 7.62. The Morgan fingerprint density at radius 1 is 0.867 bits per heavy atom. The summed E-state index contributed by atoms with van der Waals surface area (Å²) in [6, 6.07) is 5.91. The van der Waals surface area contributed by atoms with Gasteiger partial charge in [-0.15, -0.1) is 0 Å². The molecule has 1 aromatic carbocycles. The molecular formula is C22H39N2O5P. The molecule has 0 unspecified atom stereocenters. The van der Waals surface area contributed by atoms with Gasteiger partial charge in [0, 0.05) is 12.1 Å². The summed E-state index contributed by atoms with van der Waals surface area (Å²) in [6.45, 7) is 5.03. The van der Waals surface area contributed by atoms with Crippen LogP contribution in [0, 0.1) is 10.1 Å². The van der Waals surface area contributed by atoms with Crippen LogP contribution < -0.4 is 5.09 Å². The van der Waals surface area contributed by atoms with Crippen molar-refractivity contribution in [3.63, 3.8) is 0 Å². The number of hydrogen-bond donors (Lipinski definition) is 1. The number of nitro groups is 1. The van der Waals surface area contributed by atoms with Crippen LogP contribution >= 0.6 is 7.75 Å². The summed E-state index contributed by atoms with van der Waals surface area (Å²) in [7, 11) is -3.59. The molecule has 0 radical (unpaired) electrons. The quantitative estimate of drug-likeness (QED) is 0.101. The average molecular weight is 443 g/mol. The Balaban J connectivity index is 2.55. The van der Waals surface area contributed by atoms with Crippen LogP contribution in [0.5, 0.6) is 0 Å². The summed E-state index contributed by atoms with van der Waals surface area (Å²) < 4.78 is 24.5. The number of anilines is 1. The smallest absolute Gasteiger partial charge is 0.293 e. The molecular weight excluding hydrogens is 403 g/mol. The molecule has 0 atom stereocenters. The van der Waals surface area contributed by atoms with Gasteiger partial charge in [-0.25, -0.2) is 4.57 Å². The lowest BCUT2D eigenvalue weighted by molar-refractivity contribution is -0.384. The first-order chi connectivity index (χ1) is 14.5. The molecule has 172 valence electrons. The maximum atomic E-state index is 13.2. The molecule has 1 N–H and O–H groups in total. The number of rotatable bonds is 19. The number of non-ortho nitro benzene ring substituents is 1. The van der Waals surface area contributed by atoms with Crippen LogP contribution in [0.2, 0.25) is 0 Å². The molecule has 0 aliphatic heterocycles. The van der Waals surface area contributed by atoms with Gasteiger partial charge >= 0.3 is 7.75 Å². The SMILES string of the molecule is CCCCCCCCOP(=O)(Nc1cccc([N+](=O)[O-])c1)OCCCCCCCC. The fraction of sp³-hybridized carbons (Fsp3) is 0.727. The number of nitro benzene ring substituents is 1. The van der Waals surface area contributed by atoms with Crippen LogP contribution in [0.3, 0.4) is 0 Å². The highest BCUT2D eigenvalue weighted by molar-refractivity contribution is 7.55. The van der Waals surface area contributed by atoms with Gasteiger partial charge in [-0.2, -0.15) is 0 Å². The maximum absolute atomic E-state index is 13.2. The second kappa shape index (κ2) is 16.3. The van der Waals surface area contributed by atoms with Gasteiger partial charge in [0.05, 0.1) is 23.8 Å². The lowest BCUT2D eigenvalue weighted by Gasteiger charge is -2.20. The summed E-state index contributed by atoms with van der Waals surface area (Å²) in [6.07, 6.45) is 13.2. The first-order valence-corrected chi connectivity index (χ1v) is 13.0. The van der Waals surface area contributed by atoms with E-state index < -0.39 is 12.7 Å². The molecule has 1 rings (SSSR count). The van der Waals surface area contributed by atoms with Gasteiger partial charge in [-0.3, -0.25) is 24.2 Å². The molecule has 30 heavy (non-hydrogen) atoms. The van der Waals surface area contributed by atoms with Crippen molar-refractivity contribution in [3.8, 4) is 0 Å². The third kappa shape index (κ3) is 12.3. The second-order valence-corrected chi connectivity index (χ2v) is 9.35. The Hall–Kier alpha value is -1.43. The number of benzene rings is 1. The average Bonchev–Trinajstić information content (AvgIpc) is 2.72. The van der Waals surface area contributed by atoms with Gasteiger partial charge < -0.3 is 0 Å². The van der Waals surface area contributed by atoms with Crippen molar-refractivity contribution >= 4 is 19.1 Å². The van der Waals surface area contributed by atoms with Crippen LogP contribution in [-0.4, -0.2) is 18.1 Å². The van der Waals surface area contributed by atoms with Gasteiger partial charge in [0.15, 0.2) is 0 Å². The summed E-state index contributed by atoms with van der Waals surface area (Å²) in [4.78, 5) is 10.5. The van der Waals surface area contributed by atoms with E-state index >= 15 is 0 Å². The maximum Gasteiger partial charge on any atom is 0.432 e. The molecule has 0 bridgehead atoms. The Morgan fingerprint density at radius 3 is 1.87 bits per heavy atom. The van der Waals surface area contributed by atoms with E-state index in [2.05, 4.69) is 18.9 Å². The van der Waals surface area contributed by atoms with E-state index in [1.54, 1.807) is 12.1 Å². The Kier molecular flexibility index (Phi) is 14.4. The number of hydrogen-bond acceptors (Lipinski definition) is 5. The van der Waals surface area contributed by atoms with Gasteiger partial charge in [-0.05, 0) is 18.9 Å². The summed E-state index contributed by atoms with van der Waals surface area (Å²) in [5, 5.41) is 13.8. The highest BCUT2D eigenvalue weighted by Crippen LogP contribution is 2.48. The van der Waals surface area contributed by atoms with E-state index in [4.69, 9.17) is 9.05 Å². The zero-order valence-corrected chi connectivity index (χ0v) is 19.5. The minimum Gasteiger partial charge on any atom is -0.293 e. The zero-order chi connectivity index (χ0) is 22.1. The van der Waals surface area contributed by atoms with Crippen molar-refractivity contribution in [1.29, 1.82) is 0 Å². The van der Waals surface area contributed by atoms with Crippen molar-refractivity contribution in [3.05, 3.63) is 34.4 Å². The zero-order valence-electron chi connectivity index (χ0n) is 18.6. The van der Waals surface area contributed by atoms with Crippen LogP contribution in [0.15, 0.2) is 24.3 Å². The van der Waals surface area contributed by atoms with Gasteiger partial charge in [0.2, 0.25) is 0 Å². The van der Waals surface area contributed by atoms with Crippen molar-refractivity contribution in [2.75, 3.05) is 18.3 Å². The van der Waals surface area contributed by atoms with Gasteiger partial charge in [0.25, 0.3) is 5.69 Å². The summed E-state index contributed by atoms with van der Waals surface area (Å²) in [5.74, 6) is 0. The minimum absolute atomic E-state index is 0.0709. The van der Waals surface area contributed by atoms with Gasteiger partial charge in [-0.1, -0.05) is 84.1 Å². The molecule has 8 heteroatoms. The van der Waals surface area contributed by atoms with Crippen molar-refractivity contribution in [2.45, 2.75) is 90.9 Å². The highest BCUT2D eigenvalue weighted by atomic mass is 31.2. The van der Waals surface area contributed by atoms with E-state index in [1.165, 1.54) is 50.7 Å². The molecule has 0 aliphatic rings. The normalized spacial score (nSPS) is 11.5. The van der Waals surface area contributed by atoms with Crippen LogP contribution in [-0.2, 0) is 13.6 Å². The van der Waals surface area contributed by atoms with Crippen LogP contribution in [0.4, 0.5) is 11.4 Å². The predicted octanol–water partition coefficient (Wildman–Crippen LogP) is 7.87. The monoisotopic (exact) mass is 442 g/mol. The standard InChI is InChI=1S/C22H39N2O5P/c1-3-5-7-9-11-13-18-28-30(27,29-19-14-12-10-8-6-4-2)23-21-16-15-17-22(20-21)24(25)26/h15-17,20H,3-14,18-19H2,1-2H3,(H,23,27). The molecule has 7 nitrogen and oxygen atoms in total. The lowest BCUT2D eigenvalue weighted by atomic mass is 10.1. The Bertz CT molecular complexity index is 620. The van der Waals surface area contributed by atoms with Crippen molar-refractivity contribution in [2.24, 2.45) is 0 Å². The molecule has 0 heterocycles. The fourth-order valence-corrected chi connectivity index (χ4v) is 4.48. The molecule has 0 aliphatic carbocycles. The predicted molar refractivity (Wildman–Crippen MR) is 123 cm³/mol. The Labute approximate surface area is 181 Å². The highest BCUT2D eigenvalue weighted by Gasteiger charge is 2.25. The first kappa shape index (κ1) is 26.6. The summed E-state index contributed by atoms with van der Waals surface area (Å²) in [5.41, 5.74) is 0.289. The van der Waals surface area contributed by atoms with Gasteiger partial charge in [0.1, 0.15) is 0 Å². The van der Waals surface area contributed by atoms with E-state index in [0.29, 0.717) is 18.9 Å².